The summed E-state index contributed by atoms with van der Waals surface area (Å²) in [5.41, 5.74) is 0. The number of rotatable bonds is 2. The summed E-state index contributed by atoms with van der Waals surface area (Å²) in [7, 11) is 0. The second kappa shape index (κ2) is 5.99. The maximum atomic E-state index is 12.1. The van der Waals surface area contributed by atoms with Crippen molar-refractivity contribution in [3.8, 4) is 6.07 Å². The number of nitrogens with zero attached hydrogens (tertiary/aromatic N) is 2. The zero-order valence-corrected chi connectivity index (χ0v) is 10.0. The number of morpholine rings is 1. The molecule has 0 aliphatic carbocycles. The molecule has 5 nitrogen and oxygen atoms in total. The number of nitriles is 1. The second-order valence-electron chi connectivity index (χ2n) is 4.74. The Hall–Kier alpha value is -1.12. The first-order valence-corrected chi connectivity index (χ1v) is 6.29. The van der Waals surface area contributed by atoms with Crippen LogP contribution in [0.1, 0.15) is 19.3 Å². The zero-order chi connectivity index (χ0) is 12.1. The third-order valence-corrected chi connectivity index (χ3v) is 3.43. The molecule has 94 valence electrons. The molecule has 2 unspecified atom stereocenters. The van der Waals surface area contributed by atoms with E-state index in [-0.39, 0.29) is 5.91 Å². The summed E-state index contributed by atoms with van der Waals surface area (Å²) in [5.74, 6) is 0.627. The molecule has 2 aliphatic rings. The Morgan fingerprint density at radius 2 is 2.47 bits per heavy atom. The van der Waals surface area contributed by atoms with Crippen molar-refractivity contribution in [1.82, 2.24) is 10.2 Å². The smallest absolute Gasteiger partial charge is 0.223 e. The number of amides is 1. The number of carbonyl (C=O) groups is 1. The van der Waals surface area contributed by atoms with E-state index in [4.69, 9.17) is 10.00 Å². The number of nitrogens with one attached hydrogen (secondary N) is 1. The van der Waals surface area contributed by atoms with Crippen LogP contribution in [0.15, 0.2) is 0 Å². The van der Waals surface area contributed by atoms with Gasteiger partial charge in [0.15, 0.2) is 6.10 Å². The molecule has 0 aromatic carbocycles. The van der Waals surface area contributed by atoms with Crippen LogP contribution >= 0.6 is 0 Å². The molecule has 1 amide bonds. The van der Waals surface area contributed by atoms with E-state index in [1.54, 1.807) is 4.90 Å². The fourth-order valence-electron chi connectivity index (χ4n) is 2.43. The van der Waals surface area contributed by atoms with E-state index in [0.29, 0.717) is 32.0 Å². The molecule has 2 saturated heterocycles. The van der Waals surface area contributed by atoms with Crippen LogP contribution in [-0.4, -0.2) is 49.7 Å². The zero-order valence-electron chi connectivity index (χ0n) is 10.0. The van der Waals surface area contributed by atoms with Gasteiger partial charge in [-0.15, -0.1) is 0 Å². The molecule has 2 fully saturated rings. The van der Waals surface area contributed by atoms with Gasteiger partial charge in [0, 0.05) is 13.0 Å². The van der Waals surface area contributed by atoms with Gasteiger partial charge in [0.05, 0.1) is 19.2 Å². The molecule has 2 aliphatic heterocycles. The number of hydrogen-bond acceptors (Lipinski definition) is 4. The minimum absolute atomic E-state index is 0.169. The molecule has 1 N–H and O–H groups in total. The van der Waals surface area contributed by atoms with Crippen molar-refractivity contribution in [1.29, 1.82) is 5.26 Å². The van der Waals surface area contributed by atoms with Crippen LogP contribution in [-0.2, 0) is 9.53 Å². The first-order valence-electron chi connectivity index (χ1n) is 6.29. The summed E-state index contributed by atoms with van der Waals surface area (Å²) in [6.45, 7) is 3.54. The maximum absolute atomic E-state index is 12.1. The number of ether oxygens (including phenoxy) is 1. The highest BCUT2D eigenvalue weighted by Gasteiger charge is 2.26. The van der Waals surface area contributed by atoms with E-state index >= 15 is 0 Å². The molecule has 0 aromatic rings. The molecule has 2 atom stereocenters. The quantitative estimate of drug-likeness (QED) is 0.741. The summed E-state index contributed by atoms with van der Waals surface area (Å²) in [6.07, 6.45) is 2.44. The third kappa shape index (κ3) is 3.42. The lowest BCUT2D eigenvalue weighted by Gasteiger charge is -2.31. The maximum Gasteiger partial charge on any atom is 0.223 e. The predicted octanol–water partition coefficient (Wildman–Crippen LogP) is 0.127. The molecule has 0 aromatic heterocycles. The summed E-state index contributed by atoms with van der Waals surface area (Å²) < 4.78 is 5.23. The van der Waals surface area contributed by atoms with Gasteiger partial charge in [0.1, 0.15) is 0 Å². The Labute approximate surface area is 102 Å². The Morgan fingerprint density at radius 1 is 1.59 bits per heavy atom. The lowest BCUT2D eigenvalue weighted by Crippen LogP contribution is -2.46. The average molecular weight is 237 g/mol. The first kappa shape index (κ1) is 12.3. The molecule has 0 spiro atoms. The summed E-state index contributed by atoms with van der Waals surface area (Å²) in [5, 5.41) is 12.1. The van der Waals surface area contributed by atoms with Gasteiger partial charge in [-0.25, -0.2) is 0 Å². The van der Waals surface area contributed by atoms with Crippen LogP contribution in [0.4, 0.5) is 0 Å². The predicted molar refractivity (Wildman–Crippen MR) is 62.1 cm³/mol. The molecule has 0 saturated carbocycles. The molecule has 0 bridgehead atoms. The highest BCUT2D eigenvalue weighted by molar-refractivity contribution is 5.76. The van der Waals surface area contributed by atoms with Gasteiger partial charge in [0.25, 0.3) is 0 Å². The minimum Gasteiger partial charge on any atom is -0.360 e. The van der Waals surface area contributed by atoms with Crippen LogP contribution in [0.25, 0.3) is 0 Å². The van der Waals surface area contributed by atoms with Crippen molar-refractivity contribution in [2.75, 3.05) is 32.8 Å². The van der Waals surface area contributed by atoms with Crippen LogP contribution in [0, 0.1) is 17.2 Å². The van der Waals surface area contributed by atoms with E-state index in [1.165, 1.54) is 0 Å². The number of carbonyl (C=O) groups excluding carboxylic acids is 1. The monoisotopic (exact) mass is 237 g/mol. The van der Waals surface area contributed by atoms with Gasteiger partial charge in [-0.1, -0.05) is 0 Å². The van der Waals surface area contributed by atoms with Gasteiger partial charge in [-0.05, 0) is 31.8 Å². The Balaban J connectivity index is 1.80. The summed E-state index contributed by atoms with van der Waals surface area (Å²) in [6, 6.07) is 2.06. The van der Waals surface area contributed by atoms with Crippen molar-refractivity contribution in [3.63, 3.8) is 0 Å². The second-order valence-corrected chi connectivity index (χ2v) is 4.74. The molecular weight excluding hydrogens is 218 g/mol. The summed E-state index contributed by atoms with van der Waals surface area (Å²) in [4.78, 5) is 13.8. The van der Waals surface area contributed by atoms with Crippen LogP contribution in [0.2, 0.25) is 0 Å². The lowest BCUT2D eigenvalue weighted by molar-refractivity contribution is -0.138. The average Bonchev–Trinajstić information content (AvgIpc) is 2.40. The van der Waals surface area contributed by atoms with E-state index in [2.05, 4.69) is 11.4 Å². The van der Waals surface area contributed by atoms with Crippen molar-refractivity contribution < 1.29 is 9.53 Å². The van der Waals surface area contributed by atoms with Gasteiger partial charge >= 0.3 is 0 Å². The van der Waals surface area contributed by atoms with Crippen molar-refractivity contribution in [3.05, 3.63) is 0 Å². The SMILES string of the molecule is N#CC1CN(C(=O)CC2CCCNC2)CCO1. The van der Waals surface area contributed by atoms with E-state index in [0.717, 1.165) is 25.9 Å². The lowest BCUT2D eigenvalue weighted by atomic mass is 9.95. The highest BCUT2D eigenvalue weighted by atomic mass is 16.5. The van der Waals surface area contributed by atoms with Crippen molar-refractivity contribution >= 4 is 5.91 Å². The largest absolute Gasteiger partial charge is 0.360 e. The minimum atomic E-state index is -0.447. The Morgan fingerprint density at radius 3 is 3.18 bits per heavy atom. The molecule has 17 heavy (non-hydrogen) atoms. The van der Waals surface area contributed by atoms with Gasteiger partial charge in [-0.2, -0.15) is 5.26 Å². The highest BCUT2D eigenvalue weighted by Crippen LogP contribution is 2.16. The van der Waals surface area contributed by atoms with Crippen molar-refractivity contribution in [2.45, 2.75) is 25.4 Å². The van der Waals surface area contributed by atoms with Gasteiger partial charge < -0.3 is 15.0 Å². The third-order valence-electron chi connectivity index (χ3n) is 3.43. The molecule has 2 heterocycles. The van der Waals surface area contributed by atoms with Crippen LogP contribution in [0.3, 0.4) is 0 Å². The van der Waals surface area contributed by atoms with E-state index < -0.39 is 6.10 Å². The standard InChI is InChI=1S/C12H19N3O2/c13-7-11-9-15(4-5-17-11)12(16)6-10-2-1-3-14-8-10/h10-11,14H,1-6,8-9H2. The molecular formula is C12H19N3O2. The number of piperidine rings is 1. The molecule has 0 radical (unpaired) electrons. The van der Waals surface area contributed by atoms with Crippen LogP contribution in [0.5, 0.6) is 0 Å². The number of hydrogen-bond donors (Lipinski definition) is 1. The molecule has 2 rings (SSSR count). The first-order chi connectivity index (χ1) is 8.29. The van der Waals surface area contributed by atoms with Gasteiger partial charge in [0.2, 0.25) is 5.91 Å². The molecule has 5 heteroatoms. The summed E-state index contributed by atoms with van der Waals surface area (Å²) >= 11 is 0. The fraction of sp³-hybridized carbons (Fsp3) is 0.833. The Bertz CT molecular complexity index is 307. The van der Waals surface area contributed by atoms with E-state index in [1.807, 2.05) is 0 Å². The fourth-order valence-corrected chi connectivity index (χ4v) is 2.43. The van der Waals surface area contributed by atoms with Crippen LogP contribution < -0.4 is 5.32 Å². The van der Waals surface area contributed by atoms with Gasteiger partial charge in [-0.3, -0.25) is 4.79 Å². The normalized spacial score (nSPS) is 29.7. The Kier molecular flexibility index (Phi) is 4.35. The topological polar surface area (TPSA) is 65.4 Å². The van der Waals surface area contributed by atoms with E-state index in [9.17, 15) is 4.79 Å². The van der Waals surface area contributed by atoms with Crippen molar-refractivity contribution in [2.24, 2.45) is 5.92 Å².